The first-order valence-electron chi connectivity index (χ1n) is 8.77. The fraction of sp³-hybridized carbons (Fsp3) is 0.556. The second-order valence-electron chi connectivity index (χ2n) is 6.70. The van der Waals surface area contributed by atoms with E-state index in [1.165, 1.54) is 24.3 Å². The first-order chi connectivity index (χ1) is 12.1. The van der Waals surface area contributed by atoms with E-state index in [-0.39, 0.29) is 23.7 Å². The van der Waals surface area contributed by atoms with Gasteiger partial charge < -0.3 is 20.3 Å². The number of amides is 1. The number of hydrogen-bond donors (Lipinski definition) is 2. The molecule has 136 valence electrons. The second kappa shape index (κ2) is 7.82. The van der Waals surface area contributed by atoms with Gasteiger partial charge in [-0.3, -0.25) is 4.79 Å². The molecular weight excluding hydrogens is 323 g/mol. The molecule has 2 saturated heterocycles. The quantitative estimate of drug-likeness (QED) is 0.644. The van der Waals surface area contributed by atoms with Crippen molar-refractivity contribution in [3.8, 4) is 0 Å². The van der Waals surface area contributed by atoms with Gasteiger partial charge in [0.2, 0.25) is 5.91 Å². The van der Waals surface area contributed by atoms with E-state index in [4.69, 9.17) is 4.74 Å². The molecule has 1 aromatic carbocycles. The van der Waals surface area contributed by atoms with Crippen LogP contribution in [0.3, 0.4) is 0 Å². The molecule has 0 aromatic heterocycles. The standard InChI is InChI=1S/C18H25FN4O2/c1-2-20-17(23-9-7-18(12-23)8-10-25-13-18)21-11-16(24)22-15-5-3-14(19)4-6-15/h3-6H,2,7-13H2,1H3,(H,20,21)(H,22,24). The maximum Gasteiger partial charge on any atom is 0.246 e. The largest absolute Gasteiger partial charge is 0.381 e. The van der Waals surface area contributed by atoms with Crippen molar-refractivity contribution in [3.05, 3.63) is 30.1 Å². The van der Waals surface area contributed by atoms with Gasteiger partial charge in [0.15, 0.2) is 5.96 Å². The first-order valence-corrected chi connectivity index (χ1v) is 8.77. The Bertz CT molecular complexity index is 626. The number of likely N-dealkylation sites (tertiary alicyclic amines) is 1. The normalized spacial score (nSPS) is 23.3. The van der Waals surface area contributed by atoms with Crippen LogP contribution < -0.4 is 10.6 Å². The van der Waals surface area contributed by atoms with Gasteiger partial charge >= 0.3 is 0 Å². The van der Waals surface area contributed by atoms with Crippen LogP contribution in [-0.4, -0.2) is 56.2 Å². The molecule has 2 aliphatic rings. The molecule has 1 unspecified atom stereocenters. The molecule has 7 heteroatoms. The van der Waals surface area contributed by atoms with Crippen LogP contribution >= 0.6 is 0 Å². The third-order valence-electron chi connectivity index (χ3n) is 4.76. The van der Waals surface area contributed by atoms with E-state index >= 15 is 0 Å². The van der Waals surface area contributed by atoms with Gasteiger partial charge in [0.25, 0.3) is 0 Å². The maximum absolute atomic E-state index is 12.9. The molecule has 2 fully saturated rings. The number of carbonyl (C=O) groups is 1. The number of ether oxygens (including phenoxy) is 1. The molecule has 1 spiro atoms. The number of aliphatic imine (C=N–C) groups is 1. The van der Waals surface area contributed by atoms with Crippen LogP contribution in [0.15, 0.2) is 29.3 Å². The zero-order valence-electron chi connectivity index (χ0n) is 14.6. The van der Waals surface area contributed by atoms with Crippen molar-refractivity contribution in [2.24, 2.45) is 10.4 Å². The fourth-order valence-electron chi connectivity index (χ4n) is 3.39. The van der Waals surface area contributed by atoms with Crippen molar-refractivity contribution in [1.29, 1.82) is 0 Å². The number of rotatable bonds is 4. The SMILES string of the molecule is CCNC(=NCC(=O)Nc1ccc(F)cc1)N1CCC2(CCOC2)C1. The molecule has 2 heterocycles. The molecule has 3 rings (SSSR count). The van der Waals surface area contributed by atoms with Crippen molar-refractivity contribution in [2.45, 2.75) is 19.8 Å². The Morgan fingerprint density at radius 1 is 1.36 bits per heavy atom. The second-order valence-corrected chi connectivity index (χ2v) is 6.70. The van der Waals surface area contributed by atoms with Crippen molar-refractivity contribution >= 4 is 17.6 Å². The summed E-state index contributed by atoms with van der Waals surface area (Å²) in [6.45, 7) is 6.28. The van der Waals surface area contributed by atoms with E-state index in [9.17, 15) is 9.18 Å². The van der Waals surface area contributed by atoms with E-state index in [0.717, 1.165) is 51.6 Å². The lowest BCUT2D eigenvalue weighted by molar-refractivity contribution is -0.114. The minimum absolute atomic E-state index is 0.0275. The highest BCUT2D eigenvalue weighted by atomic mass is 19.1. The lowest BCUT2D eigenvalue weighted by Gasteiger charge is -2.24. The molecule has 0 bridgehead atoms. The van der Waals surface area contributed by atoms with Gasteiger partial charge in [-0.05, 0) is 44.0 Å². The Labute approximate surface area is 147 Å². The summed E-state index contributed by atoms with van der Waals surface area (Å²) in [7, 11) is 0. The number of carbonyl (C=O) groups excluding carboxylic acids is 1. The lowest BCUT2D eigenvalue weighted by atomic mass is 9.87. The molecule has 2 aliphatic heterocycles. The molecule has 0 saturated carbocycles. The Hall–Kier alpha value is -2.15. The average Bonchev–Trinajstić information content (AvgIpc) is 3.24. The first kappa shape index (κ1) is 17.7. The van der Waals surface area contributed by atoms with Crippen molar-refractivity contribution in [2.75, 3.05) is 44.7 Å². The van der Waals surface area contributed by atoms with E-state index in [0.29, 0.717) is 5.69 Å². The number of halogens is 1. The molecule has 1 amide bonds. The summed E-state index contributed by atoms with van der Waals surface area (Å²) in [4.78, 5) is 18.8. The summed E-state index contributed by atoms with van der Waals surface area (Å²) in [5.74, 6) is 0.213. The Morgan fingerprint density at radius 2 is 2.16 bits per heavy atom. The third-order valence-corrected chi connectivity index (χ3v) is 4.76. The summed E-state index contributed by atoms with van der Waals surface area (Å²) in [5.41, 5.74) is 0.807. The molecule has 2 N–H and O–H groups in total. The van der Waals surface area contributed by atoms with Crippen LogP contribution in [0, 0.1) is 11.2 Å². The van der Waals surface area contributed by atoms with E-state index < -0.39 is 0 Å². The highest BCUT2D eigenvalue weighted by molar-refractivity contribution is 5.94. The summed E-state index contributed by atoms with van der Waals surface area (Å²) in [6.07, 6.45) is 2.19. The fourth-order valence-corrected chi connectivity index (χ4v) is 3.39. The topological polar surface area (TPSA) is 66.0 Å². The van der Waals surface area contributed by atoms with Crippen LogP contribution in [0.5, 0.6) is 0 Å². The Morgan fingerprint density at radius 3 is 2.84 bits per heavy atom. The number of nitrogens with zero attached hydrogens (tertiary/aromatic N) is 2. The minimum Gasteiger partial charge on any atom is -0.381 e. The molecule has 0 aliphatic carbocycles. The van der Waals surface area contributed by atoms with Crippen molar-refractivity contribution in [3.63, 3.8) is 0 Å². The number of anilines is 1. The summed E-state index contributed by atoms with van der Waals surface area (Å²) in [5, 5.41) is 5.99. The third kappa shape index (κ3) is 4.48. The molecular formula is C18H25FN4O2. The highest BCUT2D eigenvalue weighted by Gasteiger charge is 2.42. The van der Waals surface area contributed by atoms with Crippen LogP contribution in [0.1, 0.15) is 19.8 Å². The maximum atomic E-state index is 12.9. The zero-order chi connectivity index (χ0) is 17.7. The smallest absolute Gasteiger partial charge is 0.246 e. The molecule has 6 nitrogen and oxygen atoms in total. The molecule has 1 atom stereocenters. The lowest BCUT2D eigenvalue weighted by Crippen LogP contribution is -2.42. The van der Waals surface area contributed by atoms with Gasteiger partial charge in [-0.25, -0.2) is 9.38 Å². The van der Waals surface area contributed by atoms with Crippen LogP contribution in [0.4, 0.5) is 10.1 Å². The monoisotopic (exact) mass is 348 g/mol. The zero-order valence-corrected chi connectivity index (χ0v) is 14.6. The number of hydrogen-bond acceptors (Lipinski definition) is 3. The number of benzene rings is 1. The van der Waals surface area contributed by atoms with Crippen LogP contribution in [0.25, 0.3) is 0 Å². The Kier molecular flexibility index (Phi) is 5.53. The van der Waals surface area contributed by atoms with E-state index in [1.54, 1.807) is 0 Å². The molecule has 25 heavy (non-hydrogen) atoms. The predicted octanol–water partition coefficient (Wildman–Crippen LogP) is 1.84. The minimum atomic E-state index is -0.329. The molecule has 0 radical (unpaired) electrons. The van der Waals surface area contributed by atoms with E-state index in [1.807, 2.05) is 6.92 Å². The van der Waals surface area contributed by atoms with Crippen LogP contribution in [-0.2, 0) is 9.53 Å². The van der Waals surface area contributed by atoms with Gasteiger partial charge in [0, 0.05) is 37.3 Å². The van der Waals surface area contributed by atoms with Gasteiger partial charge in [0.1, 0.15) is 12.4 Å². The van der Waals surface area contributed by atoms with Gasteiger partial charge in [0.05, 0.1) is 6.61 Å². The number of nitrogens with one attached hydrogen (secondary N) is 2. The summed E-state index contributed by atoms with van der Waals surface area (Å²) < 4.78 is 18.5. The van der Waals surface area contributed by atoms with Gasteiger partial charge in [-0.1, -0.05) is 0 Å². The van der Waals surface area contributed by atoms with Gasteiger partial charge in [-0.15, -0.1) is 0 Å². The highest BCUT2D eigenvalue weighted by Crippen LogP contribution is 2.38. The predicted molar refractivity (Wildman–Crippen MR) is 95.1 cm³/mol. The van der Waals surface area contributed by atoms with Crippen LogP contribution in [0.2, 0.25) is 0 Å². The summed E-state index contributed by atoms with van der Waals surface area (Å²) >= 11 is 0. The molecule has 1 aromatic rings. The van der Waals surface area contributed by atoms with E-state index in [2.05, 4.69) is 20.5 Å². The number of guanidine groups is 1. The Balaban J connectivity index is 1.58. The van der Waals surface area contributed by atoms with Crippen molar-refractivity contribution in [1.82, 2.24) is 10.2 Å². The summed E-state index contributed by atoms with van der Waals surface area (Å²) in [6, 6.07) is 5.70. The van der Waals surface area contributed by atoms with Crippen molar-refractivity contribution < 1.29 is 13.9 Å². The average molecular weight is 348 g/mol. The van der Waals surface area contributed by atoms with Gasteiger partial charge in [-0.2, -0.15) is 0 Å².